The maximum Gasteiger partial charge on any atom is 0.362 e. The van der Waals surface area contributed by atoms with Crippen molar-refractivity contribution in [2.45, 2.75) is 219 Å². The van der Waals surface area contributed by atoms with Gasteiger partial charge in [0, 0.05) is 19.3 Å². The number of carboxylic acid groups (broad SMARTS) is 1. The first-order chi connectivity index (χ1) is 30.6. The Labute approximate surface area is 387 Å². The molecular formula is C55H96NO7+. The summed E-state index contributed by atoms with van der Waals surface area (Å²) in [6.45, 7) is 4.59. The summed E-state index contributed by atoms with van der Waals surface area (Å²) in [5.74, 6) is -1.49. The second kappa shape index (κ2) is 45.3. The van der Waals surface area contributed by atoms with Gasteiger partial charge in [-0.25, -0.2) is 4.79 Å². The summed E-state index contributed by atoms with van der Waals surface area (Å²) in [5.41, 5.74) is 0. The average molecular weight is 883 g/mol. The van der Waals surface area contributed by atoms with Gasteiger partial charge in [-0.2, -0.15) is 0 Å². The molecule has 0 aliphatic rings. The van der Waals surface area contributed by atoms with Crippen molar-refractivity contribution in [3.8, 4) is 0 Å². The monoisotopic (exact) mass is 883 g/mol. The van der Waals surface area contributed by atoms with Crippen molar-refractivity contribution in [3.05, 3.63) is 72.9 Å². The molecule has 2 atom stereocenters. The lowest BCUT2D eigenvalue weighted by atomic mass is 10.0. The van der Waals surface area contributed by atoms with E-state index in [9.17, 15) is 19.5 Å². The van der Waals surface area contributed by atoms with Crippen molar-refractivity contribution in [2.24, 2.45) is 0 Å². The number of aliphatic carboxylic acids is 1. The number of hydrogen-bond acceptors (Lipinski definition) is 6. The SMILES string of the molecule is CC/C=C\C/C=C\C/C=C\C/C=C\CCCCCCCCCCCCC(=O)OC(COCCC(C(=O)O)[N+](C)(C)C)COC(=O)CCCCCCC/C=C\C/C=C\CCCCCC. The summed E-state index contributed by atoms with van der Waals surface area (Å²) < 4.78 is 17.3. The first-order valence-electron chi connectivity index (χ1n) is 25.5. The lowest BCUT2D eigenvalue weighted by Gasteiger charge is -2.31. The van der Waals surface area contributed by atoms with E-state index in [4.69, 9.17) is 14.2 Å². The largest absolute Gasteiger partial charge is 0.477 e. The van der Waals surface area contributed by atoms with Gasteiger partial charge in [-0.15, -0.1) is 0 Å². The van der Waals surface area contributed by atoms with E-state index in [-0.39, 0.29) is 36.2 Å². The summed E-state index contributed by atoms with van der Waals surface area (Å²) in [4.78, 5) is 37.1. The normalized spacial score (nSPS) is 13.5. The topological polar surface area (TPSA) is 99.1 Å². The van der Waals surface area contributed by atoms with Gasteiger partial charge >= 0.3 is 17.9 Å². The van der Waals surface area contributed by atoms with Crippen molar-refractivity contribution in [3.63, 3.8) is 0 Å². The van der Waals surface area contributed by atoms with E-state index in [2.05, 4.69) is 86.8 Å². The van der Waals surface area contributed by atoms with Gasteiger partial charge in [0.25, 0.3) is 0 Å². The molecule has 0 spiro atoms. The molecule has 0 aromatic carbocycles. The summed E-state index contributed by atoms with van der Waals surface area (Å²) >= 11 is 0. The molecule has 0 heterocycles. The second-order valence-electron chi connectivity index (χ2n) is 18.0. The van der Waals surface area contributed by atoms with E-state index in [0.29, 0.717) is 19.3 Å². The maximum absolute atomic E-state index is 12.8. The summed E-state index contributed by atoms with van der Waals surface area (Å²) in [6.07, 6.45) is 58.0. The molecule has 2 unspecified atom stereocenters. The Kier molecular flexibility index (Phi) is 43.0. The highest BCUT2D eigenvalue weighted by molar-refractivity contribution is 5.72. The number of unbranched alkanes of at least 4 members (excludes halogenated alkanes) is 19. The molecule has 0 rings (SSSR count). The van der Waals surface area contributed by atoms with Crippen molar-refractivity contribution in [2.75, 3.05) is 41.0 Å². The van der Waals surface area contributed by atoms with Crippen LogP contribution >= 0.6 is 0 Å². The van der Waals surface area contributed by atoms with Crippen molar-refractivity contribution >= 4 is 17.9 Å². The van der Waals surface area contributed by atoms with Gasteiger partial charge in [0.15, 0.2) is 12.1 Å². The first kappa shape index (κ1) is 59.8. The Hall–Kier alpha value is -3.23. The molecule has 0 aromatic rings. The lowest BCUT2D eigenvalue weighted by Crippen LogP contribution is -2.50. The molecule has 0 radical (unpaired) electrons. The van der Waals surface area contributed by atoms with E-state index < -0.39 is 18.1 Å². The summed E-state index contributed by atoms with van der Waals surface area (Å²) in [5, 5.41) is 9.65. The fourth-order valence-electron chi connectivity index (χ4n) is 7.17. The fraction of sp³-hybridized carbons (Fsp3) is 0.727. The van der Waals surface area contributed by atoms with Gasteiger partial charge < -0.3 is 23.8 Å². The van der Waals surface area contributed by atoms with Crippen LogP contribution in [0.25, 0.3) is 0 Å². The Balaban J connectivity index is 4.27. The fourth-order valence-corrected chi connectivity index (χ4v) is 7.17. The predicted octanol–water partition coefficient (Wildman–Crippen LogP) is 14.7. The van der Waals surface area contributed by atoms with Crippen molar-refractivity contribution in [1.29, 1.82) is 0 Å². The highest BCUT2D eigenvalue weighted by atomic mass is 16.6. The molecule has 0 aliphatic carbocycles. The minimum atomic E-state index is -0.879. The van der Waals surface area contributed by atoms with Gasteiger partial charge in [-0.3, -0.25) is 9.59 Å². The zero-order valence-electron chi connectivity index (χ0n) is 41.3. The van der Waals surface area contributed by atoms with Crippen LogP contribution in [0.2, 0.25) is 0 Å². The van der Waals surface area contributed by atoms with Gasteiger partial charge in [-0.05, 0) is 83.5 Å². The highest BCUT2D eigenvalue weighted by Gasteiger charge is 2.31. The molecule has 0 bridgehead atoms. The smallest absolute Gasteiger partial charge is 0.362 e. The summed E-state index contributed by atoms with van der Waals surface area (Å²) in [6, 6.07) is -0.621. The van der Waals surface area contributed by atoms with Crippen molar-refractivity contribution in [1.82, 2.24) is 0 Å². The number of quaternary nitrogens is 1. The Morgan fingerprint density at radius 2 is 0.889 bits per heavy atom. The molecular weight excluding hydrogens is 787 g/mol. The third-order valence-corrected chi connectivity index (χ3v) is 11.1. The van der Waals surface area contributed by atoms with E-state index >= 15 is 0 Å². The van der Waals surface area contributed by atoms with Gasteiger partial charge in [0.1, 0.15) is 6.61 Å². The summed E-state index contributed by atoms with van der Waals surface area (Å²) in [7, 11) is 5.53. The van der Waals surface area contributed by atoms with Crippen LogP contribution in [-0.4, -0.2) is 80.6 Å². The number of carboxylic acids is 1. The Bertz CT molecular complexity index is 1260. The Morgan fingerprint density at radius 1 is 0.492 bits per heavy atom. The van der Waals surface area contributed by atoms with Crippen LogP contribution in [0.5, 0.6) is 0 Å². The first-order valence-corrected chi connectivity index (χ1v) is 25.5. The van der Waals surface area contributed by atoms with Crippen LogP contribution in [0.3, 0.4) is 0 Å². The number of allylic oxidation sites excluding steroid dienone is 12. The number of carbonyl (C=O) groups excluding carboxylic acids is 2. The van der Waals surface area contributed by atoms with E-state index in [1.807, 2.05) is 21.1 Å². The molecule has 0 aromatic heterocycles. The minimum absolute atomic E-state index is 0.0523. The molecule has 362 valence electrons. The van der Waals surface area contributed by atoms with E-state index in [1.165, 1.54) is 83.5 Å². The van der Waals surface area contributed by atoms with Crippen LogP contribution in [0.15, 0.2) is 72.9 Å². The van der Waals surface area contributed by atoms with E-state index in [1.54, 1.807) is 0 Å². The molecule has 1 N–H and O–H groups in total. The van der Waals surface area contributed by atoms with Crippen LogP contribution in [0.1, 0.15) is 206 Å². The molecule has 63 heavy (non-hydrogen) atoms. The number of hydrogen-bond donors (Lipinski definition) is 1. The Morgan fingerprint density at radius 3 is 1.32 bits per heavy atom. The van der Waals surface area contributed by atoms with Crippen LogP contribution in [-0.2, 0) is 28.6 Å². The number of nitrogens with zero attached hydrogens (tertiary/aromatic N) is 1. The third-order valence-electron chi connectivity index (χ3n) is 11.1. The zero-order valence-corrected chi connectivity index (χ0v) is 41.3. The minimum Gasteiger partial charge on any atom is -0.477 e. The number of likely N-dealkylation sites (N-methyl/N-ethyl adjacent to an activating group) is 1. The van der Waals surface area contributed by atoms with Crippen molar-refractivity contribution < 1.29 is 38.2 Å². The molecule has 0 amide bonds. The van der Waals surface area contributed by atoms with Gasteiger partial charge in [-0.1, -0.05) is 177 Å². The van der Waals surface area contributed by atoms with Gasteiger partial charge in [0.2, 0.25) is 0 Å². The average Bonchev–Trinajstić information content (AvgIpc) is 3.24. The molecule has 0 fully saturated rings. The number of ether oxygens (including phenoxy) is 3. The maximum atomic E-state index is 12.8. The quantitative estimate of drug-likeness (QED) is 0.0281. The van der Waals surface area contributed by atoms with Gasteiger partial charge in [0.05, 0.1) is 34.4 Å². The number of carbonyl (C=O) groups is 3. The van der Waals surface area contributed by atoms with Crippen LogP contribution in [0, 0.1) is 0 Å². The predicted molar refractivity (Wildman–Crippen MR) is 266 cm³/mol. The van der Waals surface area contributed by atoms with Crippen LogP contribution < -0.4 is 0 Å². The molecule has 8 nitrogen and oxygen atoms in total. The van der Waals surface area contributed by atoms with Crippen LogP contribution in [0.4, 0.5) is 0 Å². The number of rotatable bonds is 45. The lowest BCUT2D eigenvalue weighted by molar-refractivity contribution is -0.887. The number of esters is 2. The third kappa shape index (κ3) is 43.8. The molecule has 0 saturated carbocycles. The zero-order chi connectivity index (χ0) is 46.3. The molecule has 0 aliphatic heterocycles. The molecule has 0 saturated heterocycles. The molecule has 8 heteroatoms. The highest BCUT2D eigenvalue weighted by Crippen LogP contribution is 2.15. The van der Waals surface area contributed by atoms with E-state index in [0.717, 1.165) is 89.9 Å². The standard InChI is InChI=1S/C55H95NO7/c1-6-8-10-12-14-16-18-20-22-24-25-26-27-28-29-30-32-34-36-38-40-42-44-46-54(58)63-51(49-61-48-47-52(55(59)60)56(3,4)5)50-62-53(57)45-43-41-39-37-35-33-31-23-21-19-17-15-13-11-9-7-2/h8,10,14,16-17,19-20,22-23,25-26,31,51-52H,6-7,9,11-13,15,18,21,24,27-30,32-50H2,1-5H3/p+1/b10-8-,16-14-,19-17-,22-20-,26-25-,31-23-. The second-order valence-corrected chi connectivity index (χ2v) is 18.0.